The SMILES string of the molecule is CC1(C)OB(C2=CCC(F)(F)CC2)OC1(C)C.CC1(C)OB(C2=CCOCC2)OC1(C)C. The molecule has 5 nitrogen and oxygen atoms in total. The Morgan fingerprint density at radius 3 is 1.47 bits per heavy atom. The van der Waals surface area contributed by atoms with Gasteiger partial charge in [-0.15, -0.1) is 0 Å². The van der Waals surface area contributed by atoms with Gasteiger partial charge in [-0.2, -0.15) is 0 Å². The fourth-order valence-electron chi connectivity index (χ4n) is 3.77. The summed E-state index contributed by atoms with van der Waals surface area (Å²) in [7, 11) is -0.644. The van der Waals surface area contributed by atoms with Crippen molar-refractivity contribution in [3.8, 4) is 0 Å². The molecular formula is C23H38B2F2O5. The second-order valence-electron chi connectivity index (χ2n) is 11.1. The molecule has 0 radical (unpaired) electrons. The van der Waals surface area contributed by atoms with E-state index in [0.29, 0.717) is 13.0 Å². The first-order valence-corrected chi connectivity index (χ1v) is 11.6. The van der Waals surface area contributed by atoms with Gasteiger partial charge in [-0.1, -0.05) is 12.2 Å². The summed E-state index contributed by atoms with van der Waals surface area (Å²) in [4.78, 5) is 0. The summed E-state index contributed by atoms with van der Waals surface area (Å²) in [6, 6.07) is 0. The minimum absolute atomic E-state index is 0.108. The molecule has 3 heterocycles. The molecule has 1 aliphatic carbocycles. The maximum Gasteiger partial charge on any atom is 0.490 e. The van der Waals surface area contributed by atoms with Gasteiger partial charge in [0.05, 0.1) is 35.6 Å². The summed E-state index contributed by atoms with van der Waals surface area (Å²) >= 11 is 0. The maximum absolute atomic E-state index is 13.0. The lowest BCUT2D eigenvalue weighted by atomic mass is 9.72. The minimum Gasteiger partial charge on any atom is -0.400 e. The summed E-state index contributed by atoms with van der Waals surface area (Å²) in [5.74, 6) is -2.56. The van der Waals surface area contributed by atoms with E-state index >= 15 is 0 Å². The van der Waals surface area contributed by atoms with E-state index in [9.17, 15) is 8.78 Å². The fraction of sp³-hybridized carbons (Fsp3) is 0.826. The van der Waals surface area contributed by atoms with E-state index < -0.39 is 24.2 Å². The molecule has 2 saturated heterocycles. The van der Waals surface area contributed by atoms with Crippen LogP contribution in [-0.2, 0) is 23.4 Å². The van der Waals surface area contributed by atoms with Gasteiger partial charge in [0.2, 0.25) is 0 Å². The molecule has 0 saturated carbocycles. The topological polar surface area (TPSA) is 46.2 Å². The second-order valence-corrected chi connectivity index (χ2v) is 11.1. The molecule has 32 heavy (non-hydrogen) atoms. The van der Waals surface area contributed by atoms with Crippen molar-refractivity contribution in [3.63, 3.8) is 0 Å². The molecular weight excluding hydrogens is 416 g/mol. The molecule has 0 bridgehead atoms. The predicted molar refractivity (Wildman–Crippen MR) is 123 cm³/mol. The first-order valence-electron chi connectivity index (χ1n) is 11.6. The Hall–Kier alpha value is -0.730. The van der Waals surface area contributed by atoms with Gasteiger partial charge in [0.1, 0.15) is 0 Å². The molecule has 2 fully saturated rings. The molecule has 0 atom stereocenters. The lowest BCUT2D eigenvalue weighted by Crippen LogP contribution is -2.41. The summed E-state index contributed by atoms with van der Waals surface area (Å²) in [5, 5.41) is 0. The highest BCUT2D eigenvalue weighted by Gasteiger charge is 2.53. The van der Waals surface area contributed by atoms with Crippen molar-refractivity contribution < 1.29 is 32.1 Å². The highest BCUT2D eigenvalue weighted by atomic mass is 19.3. The van der Waals surface area contributed by atoms with Gasteiger partial charge < -0.3 is 23.4 Å². The normalized spacial score (nSPS) is 29.7. The molecule has 0 N–H and O–H groups in total. The smallest absolute Gasteiger partial charge is 0.400 e. The maximum atomic E-state index is 13.0. The van der Waals surface area contributed by atoms with Gasteiger partial charge in [-0.25, -0.2) is 8.78 Å². The monoisotopic (exact) mass is 454 g/mol. The lowest BCUT2D eigenvalue weighted by molar-refractivity contribution is -0.00821. The predicted octanol–water partition coefficient (Wildman–Crippen LogP) is 5.33. The summed E-state index contributed by atoms with van der Waals surface area (Å²) in [5.41, 5.74) is 0.791. The van der Waals surface area contributed by atoms with Crippen molar-refractivity contribution in [2.45, 2.75) is 109 Å². The zero-order valence-corrected chi connectivity index (χ0v) is 20.8. The van der Waals surface area contributed by atoms with Crippen LogP contribution in [0.2, 0.25) is 0 Å². The third-order valence-electron chi connectivity index (χ3n) is 7.55. The molecule has 180 valence electrons. The van der Waals surface area contributed by atoms with E-state index in [1.807, 2.05) is 27.7 Å². The van der Waals surface area contributed by atoms with Crippen molar-refractivity contribution in [1.29, 1.82) is 0 Å². The molecule has 4 aliphatic rings. The average molecular weight is 454 g/mol. The van der Waals surface area contributed by atoms with Gasteiger partial charge in [-0.3, -0.25) is 0 Å². The highest BCUT2D eigenvalue weighted by molar-refractivity contribution is 6.55. The lowest BCUT2D eigenvalue weighted by Gasteiger charge is -2.32. The number of halogens is 2. The number of allylic oxidation sites excluding steroid dienone is 2. The Balaban J connectivity index is 0.000000182. The van der Waals surface area contributed by atoms with Crippen LogP contribution < -0.4 is 0 Å². The van der Waals surface area contributed by atoms with Crippen LogP contribution in [0.15, 0.2) is 23.1 Å². The molecule has 0 aromatic carbocycles. The average Bonchev–Trinajstić information content (AvgIpc) is 3.02. The van der Waals surface area contributed by atoms with E-state index in [-0.39, 0.29) is 31.2 Å². The summed E-state index contributed by atoms with van der Waals surface area (Å²) in [6.45, 7) is 17.6. The van der Waals surface area contributed by atoms with E-state index in [2.05, 4.69) is 33.8 Å². The van der Waals surface area contributed by atoms with Crippen molar-refractivity contribution >= 4 is 14.2 Å². The van der Waals surface area contributed by atoms with Crippen LogP contribution in [-0.4, -0.2) is 55.8 Å². The van der Waals surface area contributed by atoms with Crippen LogP contribution >= 0.6 is 0 Å². The largest absolute Gasteiger partial charge is 0.490 e. The summed E-state index contributed by atoms with van der Waals surface area (Å²) < 4.78 is 54.9. The molecule has 4 rings (SSSR count). The Kier molecular flexibility index (Phi) is 7.12. The zero-order valence-electron chi connectivity index (χ0n) is 20.8. The standard InChI is InChI=1S/C12H19BF2O2.C11H19BO3/c1-10(2)11(3,4)17-13(16-10)9-5-7-12(14,15)8-6-9;1-10(2)11(3,4)15-12(14-10)9-5-7-13-8-6-9/h5H,6-8H2,1-4H3;5H,6-8H2,1-4H3. The van der Waals surface area contributed by atoms with Crippen molar-refractivity contribution in [2.75, 3.05) is 13.2 Å². The summed E-state index contributed by atoms with van der Waals surface area (Å²) in [6.07, 6.45) is 4.60. The Bertz CT molecular complexity index is 729. The minimum atomic E-state index is -2.56. The molecule has 9 heteroatoms. The van der Waals surface area contributed by atoms with E-state index in [0.717, 1.165) is 18.5 Å². The zero-order chi connectivity index (χ0) is 24.0. The third kappa shape index (κ3) is 5.49. The molecule has 3 aliphatic heterocycles. The van der Waals surface area contributed by atoms with Crippen LogP contribution in [0.25, 0.3) is 0 Å². The fourth-order valence-corrected chi connectivity index (χ4v) is 3.77. The van der Waals surface area contributed by atoms with E-state index in [1.54, 1.807) is 6.08 Å². The Labute approximate surface area is 192 Å². The van der Waals surface area contributed by atoms with E-state index in [1.165, 1.54) is 5.47 Å². The van der Waals surface area contributed by atoms with E-state index in [4.69, 9.17) is 23.4 Å². The molecule has 0 aromatic rings. The molecule has 0 aromatic heterocycles. The Morgan fingerprint density at radius 2 is 1.12 bits per heavy atom. The van der Waals surface area contributed by atoms with Crippen LogP contribution in [0.3, 0.4) is 0 Å². The number of ether oxygens (including phenoxy) is 1. The number of alkyl halides is 2. The first kappa shape index (κ1) is 25.9. The van der Waals surface area contributed by atoms with Gasteiger partial charge >= 0.3 is 14.2 Å². The van der Waals surface area contributed by atoms with Crippen LogP contribution in [0, 0.1) is 0 Å². The third-order valence-corrected chi connectivity index (χ3v) is 7.55. The molecule has 0 amide bonds. The van der Waals surface area contributed by atoms with Crippen LogP contribution in [0.1, 0.15) is 81.1 Å². The van der Waals surface area contributed by atoms with Crippen molar-refractivity contribution in [2.24, 2.45) is 0 Å². The van der Waals surface area contributed by atoms with Gasteiger partial charge in [0, 0.05) is 12.8 Å². The Morgan fingerprint density at radius 1 is 0.688 bits per heavy atom. The van der Waals surface area contributed by atoms with Crippen molar-refractivity contribution in [3.05, 3.63) is 23.1 Å². The second kappa shape index (κ2) is 8.81. The van der Waals surface area contributed by atoms with Gasteiger partial charge in [0.25, 0.3) is 5.92 Å². The van der Waals surface area contributed by atoms with Gasteiger partial charge in [0.15, 0.2) is 0 Å². The van der Waals surface area contributed by atoms with Gasteiger partial charge in [-0.05, 0) is 79.2 Å². The first-order chi connectivity index (χ1) is 14.6. The molecule has 0 unspecified atom stereocenters. The van der Waals surface area contributed by atoms with Crippen molar-refractivity contribution in [1.82, 2.24) is 0 Å². The highest BCUT2D eigenvalue weighted by Crippen LogP contribution is 2.42. The van der Waals surface area contributed by atoms with Crippen LogP contribution in [0.5, 0.6) is 0 Å². The number of rotatable bonds is 2. The molecule has 0 spiro atoms. The van der Waals surface area contributed by atoms with Crippen LogP contribution in [0.4, 0.5) is 8.78 Å². The number of hydrogen-bond acceptors (Lipinski definition) is 5. The number of hydrogen-bond donors (Lipinski definition) is 0. The quantitative estimate of drug-likeness (QED) is 0.529.